The molecule has 2 aliphatic rings. The number of nitrogens with zero attached hydrogens (tertiary/aromatic N) is 4. The average molecular weight is 420 g/mol. The summed E-state index contributed by atoms with van der Waals surface area (Å²) in [6.07, 6.45) is 19.6. The molecule has 7 heteroatoms. The molecule has 0 spiro atoms. The third kappa shape index (κ3) is 4.36. The topological polar surface area (TPSA) is 83.1 Å². The molecular formula is C22H16FeN6+2. The Morgan fingerprint density at radius 2 is 1.00 bits per heavy atom. The maximum absolute atomic E-state index is 4.39. The van der Waals surface area contributed by atoms with E-state index in [1.54, 1.807) is 12.4 Å². The fraction of sp³-hybridized carbons (Fsp3) is 0. The summed E-state index contributed by atoms with van der Waals surface area (Å²) < 4.78 is 0. The zero-order valence-corrected chi connectivity index (χ0v) is 16.3. The van der Waals surface area contributed by atoms with Gasteiger partial charge in [-0.1, -0.05) is 0 Å². The minimum absolute atomic E-state index is 0. The number of aromatic amines is 2. The summed E-state index contributed by atoms with van der Waals surface area (Å²) in [6.45, 7) is 0. The Labute approximate surface area is 180 Å². The second kappa shape index (κ2) is 9.06. The van der Waals surface area contributed by atoms with Gasteiger partial charge in [-0.15, -0.1) is 0 Å². The van der Waals surface area contributed by atoms with Gasteiger partial charge >= 0.3 is 17.1 Å². The van der Waals surface area contributed by atoms with Crippen LogP contribution in [-0.4, -0.2) is 29.9 Å². The van der Waals surface area contributed by atoms with Crippen molar-refractivity contribution in [3.63, 3.8) is 0 Å². The van der Waals surface area contributed by atoms with E-state index in [0.29, 0.717) is 0 Å². The number of hydrogen-bond donors (Lipinski definition) is 2. The first-order chi connectivity index (χ1) is 13.9. The molecule has 0 unspecified atom stereocenters. The van der Waals surface area contributed by atoms with Gasteiger partial charge in [-0.05, 0) is 75.6 Å². The van der Waals surface area contributed by atoms with E-state index in [2.05, 4.69) is 29.9 Å². The summed E-state index contributed by atoms with van der Waals surface area (Å²) in [5.41, 5.74) is 3.49. The van der Waals surface area contributed by atoms with Gasteiger partial charge < -0.3 is 9.97 Å². The van der Waals surface area contributed by atoms with Crippen molar-refractivity contribution in [2.75, 3.05) is 0 Å². The molecule has 4 aromatic heterocycles. The molecule has 0 aromatic carbocycles. The Morgan fingerprint density at radius 3 is 1.38 bits per heavy atom. The monoisotopic (exact) mass is 420 g/mol. The smallest absolute Gasteiger partial charge is 0.340 e. The van der Waals surface area contributed by atoms with Crippen molar-refractivity contribution >= 4 is 22.3 Å². The van der Waals surface area contributed by atoms with Crippen LogP contribution < -0.4 is 0 Å². The molecule has 6 rings (SSSR count). The first kappa shape index (κ1) is 20.0. The number of H-pyrrole nitrogens is 2. The summed E-state index contributed by atoms with van der Waals surface area (Å²) in [5.74, 6) is 3.96. The molecule has 2 fully saturated rings. The molecule has 0 bridgehead atoms. The number of fused-ring (bicyclic) bond motifs is 2. The third-order valence-corrected chi connectivity index (χ3v) is 4.39. The van der Waals surface area contributed by atoms with Crippen LogP contribution in [0.25, 0.3) is 22.3 Å². The van der Waals surface area contributed by atoms with Crippen molar-refractivity contribution in [3.8, 4) is 0 Å². The minimum Gasteiger partial charge on any atom is -0.340 e. The summed E-state index contributed by atoms with van der Waals surface area (Å²) in [5, 5.41) is 0. The van der Waals surface area contributed by atoms with E-state index in [-0.39, 0.29) is 17.1 Å². The molecule has 10 radical (unpaired) electrons. The molecule has 0 amide bonds. The van der Waals surface area contributed by atoms with Crippen molar-refractivity contribution in [2.24, 2.45) is 0 Å². The van der Waals surface area contributed by atoms with E-state index in [9.17, 15) is 0 Å². The van der Waals surface area contributed by atoms with Gasteiger partial charge in [-0.2, -0.15) is 0 Å². The fourth-order valence-electron chi connectivity index (χ4n) is 3.03. The maximum atomic E-state index is 4.39. The van der Waals surface area contributed by atoms with E-state index < -0.39 is 0 Å². The summed E-state index contributed by atoms with van der Waals surface area (Å²) in [6, 6.07) is 7.74. The predicted octanol–water partition coefficient (Wildman–Crippen LogP) is 3.42. The first-order valence-corrected chi connectivity index (χ1v) is 8.92. The summed E-state index contributed by atoms with van der Waals surface area (Å²) in [7, 11) is 0. The molecule has 6 nitrogen and oxygen atoms in total. The largest absolute Gasteiger partial charge is 2.00 e. The van der Waals surface area contributed by atoms with Gasteiger partial charge in [-0.3, -0.25) is 0 Å². The quantitative estimate of drug-likeness (QED) is 0.487. The second-order valence-corrected chi connectivity index (χ2v) is 6.27. The van der Waals surface area contributed by atoms with Crippen LogP contribution in [0.3, 0.4) is 0 Å². The molecule has 0 atom stereocenters. The van der Waals surface area contributed by atoms with Crippen LogP contribution in [0, 0.1) is 63.2 Å². The van der Waals surface area contributed by atoms with Crippen molar-refractivity contribution in [2.45, 2.75) is 0 Å². The molecule has 4 aromatic rings. The van der Waals surface area contributed by atoms with Gasteiger partial charge in [0.15, 0.2) is 11.3 Å². The van der Waals surface area contributed by atoms with Crippen LogP contribution in [-0.2, 0) is 17.1 Å². The van der Waals surface area contributed by atoms with Crippen molar-refractivity contribution in [1.29, 1.82) is 0 Å². The van der Waals surface area contributed by atoms with Crippen LogP contribution in [0.1, 0.15) is 11.6 Å². The van der Waals surface area contributed by atoms with Crippen LogP contribution in [0.15, 0.2) is 36.7 Å². The summed E-state index contributed by atoms with van der Waals surface area (Å²) in [4.78, 5) is 23.6. The van der Waals surface area contributed by atoms with E-state index in [0.717, 1.165) is 45.8 Å². The Bertz CT molecular complexity index is 907. The van der Waals surface area contributed by atoms with Gasteiger partial charge in [0.25, 0.3) is 0 Å². The molecule has 29 heavy (non-hydrogen) atoms. The number of nitrogens with one attached hydrogen (secondary N) is 2. The van der Waals surface area contributed by atoms with Crippen LogP contribution >= 0.6 is 0 Å². The predicted molar refractivity (Wildman–Crippen MR) is 107 cm³/mol. The van der Waals surface area contributed by atoms with Gasteiger partial charge in [-0.25, -0.2) is 19.9 Å². The number of imidazole rings is 2. The van der Waals surface area contributed by atoms with Crippen LogP contribution in [0.4, 0.5) is 0 Å². The van der Waals surface area contributed by atoms with Gasteiger partial charge in [0.05, 0.1) is 11.0 Å². The van der Waals surface area contributed by atoms with Crippen LogP contribution in [0.2, 0.25) is 0 Å². The number of pyridine rings is 2. The molecular weight excluding hydrogens is 404 g/mol. The van der Waals surface area contributed by atoms with Gasteiger partial charge in [0.2, 0.25) is 0 Å². The number of aromatic nitrogens is 6. The number of rotatable bonds is 2. The first-order valence-electron chi connectivity index (χ1n) is 8.92. The molecule has 0 aliphatic heterocycles. The molecule has 4 heterocycles. The SMILES string of the molecule is [CH]1[CH][CH][C](c2nc3ncccc3[nH]2)[CH]1.[CH]1[CH][CH][C](c2nc3ncccc3[nH]2)[CH]1.[Fe+2]. The zero-order valence-electron chi connectivity index (χ0n) is 15.2. The molecule has 0 saturated heterocycles. The molecule has 2 aliphatic carbocycles. The van der Waals surface area contributed by atoms with E-state index in [4.69, 9.17) is 0 Å². The number of hydrogen-bond acceptors (Lipinski definition) is 4. The average Bonchev–Trinajstić information content (AvgIpc) is 3.54. The maximum Gasteiger partial charge on any atom is 2.00 e. The Balaban J connectivity index is 0.000000137. The van der Waals surface area contributed by atoms with E-state index in [1.807, 2.05) is 75.6 Å². The van der Waals surface area contributed by atoms with E-state index >= 15 is 0 Å². The third-order valence-electron chi connectivity index (χ3n) is 4.39. The second-order valence-electron chi connectivity index (χ2n) is 6.27. The minimum atomic E-state index is 0. The Hall–Kier alpha value is -2.24. The standard InChI is InChI=1S/2C11H8N3.Fe/c2*1-2-5-8(4-1)10-13-9-6-3-7-12-11(9)14-10;/h2*1-7H,(H,12,13,14);/q;;+2. The van der Waals surface area contributed by atoms with Crippen molar-refractivity contribution in [1.82, 2.24) is 29.9 Å². The molecule has 140 valence electrons. The Morgan fingerprint density at radius 1 is 0.586 bits per heavy atom. The summed E-state index contributed by atoms with van der Waals surface area (Å²) >= 11 is 0. The van der Waals surface area contributed by atoms with E-state index in [1.165, 1.54) is 0 Å². The molecule has 2 N–H and O–H groups in total. The van der Waals surface area contributed by atoms with Crippen molar-refractivity contribution < 1.29 is 17.1 Å². The van der Waals surface area contributed by atoms with Gasteiger partial charge in [0, 0.05) is 24.2 Å². The van der Waals surface area contributed by atoms with Gasteiger partial charge in [0.1, 0.15) is 11.6 Å². The van der Waals surface area contributed by atoms with Crippen molar-refractivity contribution in [3.05, 3.63) is 112 Å². The fourth-order valence-corrected chi connectivity index (χ4v) is 3.03. The normalized spacial score (nSPS) is 17.4. The Kier molecular flexibility index (Phi) is 6.26. The van der Waals surface area contributed by atoms with Crippen LogP contribution in [0.5, 0.6) is 0 Å². The molecule has 2 saturated carbocycles. The zero-order chi connectivity index (χ0) is 18.8.